The van der Waals surface area contributed by atoms with Gasteiger partial charge in [-0.3, -0.25) is 4.57 Å². The molecule has 0 amide bonds. The standard InChI is InChI=1S/C17H30N5O4P/c1-5-7-25-15-11-14(20-17(18)21-15)22(9-19-11)16-13(24)12(23)10(26-16)6-8-27(2,3)4/h9-10,12-13,15-16,23-24H,2,5-8H2,1,3-4H3,(H3,18,20,21)/t10-,12-,13-,15?,16-/m1/s1. The van der Waals surface area contributed by atoms with E-state index >= 15 is 0 Å². The van der Waals surface area contributed by atoms with E-state index in [-0.39, 0.29) is 5.96 Å². The van der Waals surface area contributed by atoms with Gasteiger partial charge in [0, 0.05) is 6.61 Å². The van der Waals surface area contributed by atoms with Crippen molar-refractivity contribution in [2.24, 2.45) is 10.7 Å². The van der Waals surface area contributed by atoms with Crippen LogP contribution in [0.1, 0.15) is 37.9 Å². The second-order valence-electron chi connectivity index (χ2n) is 7.75. The summed E-state index contributed by atoms with van der Waals surface area (Å²) in [6.07, 6.45) is 4.29. The second-order valence-corrected chi connectivity index (χ2v) is 12.1. The number of hydrogen-bond donors (Lipinski definition) is 4. The first-order valence-electron chi connectivity index (χ1n) is 9.19. The van der Waals surface area contributed by atoms with Crippen LogP contribution in [0.15, 0.2) is 11.3 Å². The normalized spacial score (nSPS) is 30.7. The van der Waals surface area contributed by atoms with E-state index in [9.17, 15) is 10.2 Å². The van der Waals surface area contributed by atoms with Crippen molar-refractivity contribution in [2.75, 3.05) is 26.1 Å². The molecule has 2 aliphatic heterocycles. The average Bonchev–Trinajstić information content (AvgIpc) is 3.12. The number of nitrogens with two attached hydrogens (primary N) is 1. The Morgan fingerprint density at radius 2 is 2.15 bits per heavy atom. The van der Waals surface area contributed by atoms with Crippen LogP contribution >= 0.6 is 6.89 Å². The number of aromatic nitrogens is 2. The first-order chi connectivity index (χ1) is 12.7. The molecule has 3 rings (SSSR count). The molecule has 0 aromatic carbocycles. The summed E-state index contributed by atoms with van der Waals surface area (Å²) in [5.74, 6) is 0.674. The number of aliphatic hydroxyl groups excluding tert-OH is 2. The van der Waals surface area contributed by atoms with Crippen LogP contribution in [-0.4, -0.2) is 76.4 Å². The zero-order valence-corrected chi connectivity index (χ0v) is 17.0. The number of nitrogens with zero attached hydrogens (tertiary/aromatic N) is 3. The molecular formula is C17H30N5O4P. The van der Waals surface area contributed by atoms with Gasteiger partial charge in [0.25, 0.3) is 0 Å². The zero-order chi connectivity index (χ0) is 19.8. The average molecular weight is 399 g/mol. The van der Waals surface area contributed by atoms with Crippen LogP contribution in [0.2, 0.25) is 0 Å². The smallest absolute Gasteiger partial charge is 0.197 e. The summed E-state index contributed by atoms with van der Waals surface area (Å²) in [4.78, 5) is 8.68. The summed E-state index contributed by atoms with van der Waals surface area (Å²) in [7, 11) is 0. The summed E-state index contributed by atoms with van der Waals surface area (Å²) in [5.41, 5.74) is 6.46. The fourth-order valence-corrected chi connectivity index (χ4v) is 4.19. The lowest BCUT2D eigenvalue weighted by Crippen LogP contribution is -2.39. The summed E-state index contributed by atoms with van der Waals surface area (Å²) in [6.45, 7) is 5.58. The van der Waals surface area contributed by atoms with Crippen molar-refractivity contribution in [3.63, 3.8) is 0 Å². The van der Waals surface area contributed by atoms with Gasteiger partial charge in [0.1, 0.15) is 17.9 Å². The monoisotopic (exact) mass is 399 g/mol. The van der Waals surface area contributed by atoms with Crippen molar-refractivity contribution in [2.45, 2.75) is 50.5 Å². The van der Waals surface area contributed by atoms with Gasteiger partial charge in [0.15, 0.2) is 24.2 Å². The van der Waals surface area contributed by atoms with Crippen molar-refractivity contribution in [1.82, 2.24) is 14.9 Å². The van der Waals surface area contributed by atoms with Crippen molar-refractivity contribution < 1.29 is 19.7 Å². The Bertz CT molecular complexity index is 746. The van der Waals surface area contributed by atoms with Crippen molar-refractivity contribution in [3.8, 4) is 0 Å². The van der Waals surface area contributed by atoms with Gasteiger partial charge >= 0.3 is 0 Å². The summed E-state index contributed by atoms with van der Waals surface area (Å²) < 4.78 is 13.3. The topological polar surface area (TPSA) is 127 Å². The van der Waals surface area contributed by atoms with Crippen molar-refractivity contribution in [1.29, 1.82) is 0 Å². The minimum absolute atomic E-state index is 0.207. The molecule has 10 heteroatoms. The third-order valence-corrected chi connectivity index (χ3v) is 6.14. The zero-order valence-electron chi connectivity index (χ0n) is 16.1. The number of imidazole rings is 1. The first kappa shape index (κ1) is 20.4. The van der Waals surface area contributed by atoms with E-state index in [1.807, 2.05) is 6.92 Å². The molecular weight excluding hydrogens is 369 g/mol. The molecule has 0 radical (unpaired) electrons. The van der Waals surface area contributed by atoms with E-state index in [1.165, 1.54) is 6.33 Å². The molecule has 0 bridgehead atoms. The highest BCUT2D eigenvalue weighted by atomic mass is 31.2. The predicted octanol–water partition coefficient (Wildman–Crippen LogP) is 0.576. The van der Waals surface area contributed by atoms with E-state index in [1.54, 1.807) is 4.57 Å². The number of aliphatic imine (C=N–C) groups is 1. The lowest BCUT2D eigenvalue weighted by molar-refractivity contribution is -0.0367. The van der Waals surface area contributed by atoms with Crippen LogP contribution < -0.4 is 11.1 Å². The maximum Gasteiger partial charge on any atom is 0.197 e. The van der Waals surface area contributed by atoms with Gasteiger partial charge in [-0.15, -0.1) is 13.2 Å². The number of guanidine groups is 1. The van der Waals surface area contributed by atoms with Gasteiger partial charge in [0.05, 0.1) is 12.4 Å². The molecule has 5 atom stereocenters. The first-order valence-corrected chi connectivity index (χ1v) is 12.2. The van der Waals surface area contributed by atoms with Gasteiger partial charge in [-0.2, -0.15) is 4.99 Å². The molecule has 2 aliphatic rings. The van der Waals surface area contributed by atoms with E-state index in [4.69, 9.17) is 15.2 Å². The molecule has 1 fully saturated rings. The molecule has 9 nitrogen and oxygen atoms in total. The van der Waals surface area contributed by atoms with Gasteiger partial charge in [-0.1, -0.05) is 6.92 Å². The van der Waals surface area contributed by atoms with E-state index in [2.05, 4.69) is 34.9 Å². The molecule has 1 unspecified atom stereocenters. The van der Waals surface area contributed by atoms with Crippen LogP contribution in [0, 0.1) is 0 Å². The molecule has 27 heavy (non-hydrogen) atoms. The van der Waals surface area contributed by atoms with Crippen molar-refractivity contribution in [3.05, 3.63) is 12.0 Å². The molecule has 1 aromatic heterocycles. The highest BCUT2D eigenvalue weighted by Crippen LogP contribution is 2.41. The number of hydrogen-bond acceptors (Lipinski definition) is 8. The molecule has 1 saturated heterocycles. The second kappa shape index (κ2) is 7.93. The number of fused-ring (bicyclic) bond motifs is 1. The fraction of sp³-hybridized carbons (Fsp3) is 0.706. The SMILES string of the molecule is C=P(C)(C)CC[C@H]1O[C@@H](n2cnc3c2N=C(N)NC3OCCC)[C@H](O)[C@@H]1O. The fourth-order valence-electron chi connectivity index (χ4n) is 3.23. The molecule has 5 N–H and O–H groups in total. The third-order valence-electron chi connectivity index (χ3n) is 4.67. The van der Waals surface area contributed by atoms with Crippen LogP contribution in [0.4, 0.5) is 5.82 Å². The third kappa shape index (κ3) is 4.38. The number of ether oxygens (including phenoxy) is 2. The Balaban J connectivity index is 1.81. The van der Waals surface area contributed by atoms with Crippen molar-refractivity contribution >= 4 is 25.0 Å². The Hall–Kier alpha value is -1.38. The van der Waals surface area contributed by atoms with Crippen LogP contribution in [0.25, 0.3) is 0 Å². The molecule has 152 valence electrons. The highest BCUT2D eigenvalue weighted by Gasteiger charge is 2.45. The Kier molecular flexibility index (Phi) is 5.98. The van der Waals surface area contributed by atoms with Gasteiger partial charge in [-0.05, 0) is 32.3 Å². The van der Waals surface area contributed by atoms with Gasteiger partial charge in [-0.25, -0.2) is 4.98 Å². The minimum Gasteiger partial charge on any atom is -0.388 e. The van der Waals surface area contributed by atoms with Crippen LogP contribution in [-0.2, 0) is 9.47 Å². The summed E-state index contributed by atoms with van der Waals surface area (Å²) >= 11 is 0. The molecule has 1 aromatic rings. The Morgan fingerprint density at radius 1 is 1.41 bits per heavy atom. The lowest BCUT2D eigenvalue weighted by Gasteiger charge is -2.24. The molecule has 0 aliphatic carbocycles. The lowest BCUT2D eigenvalue weighted by atomic mass is 10.1. The largest absolute Gasteiger partial charge is 0.388 e. The molecule has 0 saturated carbocycles. The summed E-state index contributed by atoms with van der Waals surface area (Å²) in [6, 6.07) is 0. The summed E-state index contributed by atoms with van der Waals surface area (Å²) in [5, 5.41) is 23.9. The number of nitrogens with one attached hydrogen (secondary N) is 1. The maximum absolute atomic E-state index is 10.5. The van der Waals surface area contributed by atoms with Gasteiger partial charge in [0.2, 0.25) is 0 Å². The van der Waals surface area contributed by atoms with E-state index in [0.29, 0.717) is 24.5 Å². The van der Waals surface area contributed by atoms with Crippen LogP contribution in [0.3, 0.4) is 0 Å². The van der Waals surface area contributed by atoms with E-state index in [0.717, 1.165) is 12.6 Å². The van der Waals surface area contributed by atoms with Crippen LogP contribution in [0.5, 0.6) is 0 Å². The number of rotatable bonds is 7. The Morgan fingerprint density at radius 3 is 2.81 bits per heavy atom. The molecule has 3 heterocycles. The molecule has 0 spiro atoms. The maximum atomic E-state index is 10.5. The predicted molar refractivity (Wildman–Crippen MR) is 107 cm³/mol. The Labute approximate surface area is 159 Å². The highest BCUT2D eigenvalue weighted by molar-refractivity contribution is 7.72. The number of aliphatic hydroxyl groups is 2. The van der Waals surface area contributed by atoms with Gasteiger partial charge < -0.3 is 30.7 Å². The minimum atomic E-state index is -1.25. The van der Waals surface area contributed by atoms with E-state index < -0.39 is 37.7 Å². The quantitative estimate of drug-likeness (QED) is 0.494.